The molecule has 0 unspecified atom stereocenters. The number of amides is 9. The lowest BCUT2D eigenvalue weighted by Gasteiger charge is -2.38. The van der Waals surface area contributed by atoms with E-state index in [2.05, 4.69) is 43.7 Å². The molecule has 388 valence electrons. The highest BCUT2D eigenvalue weighted by Gasteiger charge is 2.42. The Morgan fingerprint density at radius 3 is 1.99 bits per heavy atom. The molecule has 19 heteroatoms. The number of anilines is 2. The molecular formula is C54H68N10O8S. The number of likely N-dealkylation sites (N-methyl/N-ethyl adjacent to an activating group) is 1. The molecule has 8 rings (SSSR count). The number of hydrogen-bond acceptors (Lipinski definition) is 10. The minimum absolute atomic E-state index is 0.0388. The Balaban J connectivity index is 0.908. The molecule has 0 radical (unpaired) electrons. The van der Waals surface area contributed by atoms with Crippen LogP contribution >= 0.6 is 11.3 Å². The molecule has 4 heterocycles. The van der Waals surface area contributed by atoms with Gasteiger partial charge >= 0.3 is 18.2 Å². The van der Waals surface area contributed by atoms with Crippen LogP contribution in [0.4, 0.5) is 24.5 Å². The van der Waals surface area contributed by atoms with Crippen LogP contribution in [0.25, 0.3) is 22.4 Å². The molecule has 1 aliphatic carbocycles. The fourth-order valence-corrected chi connectivity index (χ4v) is 11.2. The van der Waals surface area contributed by atoms with Crippen LogP contribution in [0, 0.1) is 5.92 Å². The Kier molecular flexibility index (Phi) is 18.0. The second kappa shape index (κ2) is 25.1. The Hall–Kier alpha value is -7.02. The summed E-state index contributed by atoms with van der Waals surface area (Å²) in [5.74, 6) is -2.17. The molecule has 9 amide bonds. The van der Waals surface area contributed by atoms with E-state index in [0.29, 0.717) is 93.4 Å². The summed E-state index contributed by atoms with van der Waals surface area (Å²) in [6.07, 6.45) is 6.61. The number of carbonyl (C=O) groups is 7. The van der Waals surface area contributed by atoms with E-state index in [1.165, 1.54) is 16.8 Å². The van der Waals surface area contributed by atoms with Crippen molar-refractivity contribution in [3.8, 4) is 22.4 Å². The zero-order valence-electron chi connectivity index (χ0n) is 41.9. The van der Waals surface area contributed by atoms with Crippen molar-refractivity contribution in [2.24, 2.45) is 5.92 Å². The first kappa shape index (κ1) is 52.3. The molecule has 73 heavy (non-hydrogen) atoms. The van der Waals surface area contributed by atoms with Gasteiger partial charge < -0.3 is 50.9 Å². The third-order valence-corrected chi connectivity index (χ3v) is 15.1. The number of rotatable bonds is 18. The van der Waals surface area contributed by atoms with Crippen LogP contribution in [0.3, 0.4) is 0 Å². The highest BCUT2D eigenvalue weighted by molar-refractivity contribution is 7.20. The average molecular weight is 1020 g/mol. The summed E-state index contributed by atoms with van der Waals surface area (Å²) in [5, 5.41) is 15.5. The summed E-state index contributed by atoms with van der Waals surface area (Å²) >= 11 is 1.14. The van der Waals surface area contributed by atoms with Gasteiger partial charge in [-0.1, -0.05) is 97.1 Å². The molecule has 4 aromatic rings. The molecule has 3 aliphatic heterocycles. The van der Waals surface area contributed by atoms with E-state index in [1.807, 2.05) is 78.6 Å². The van der Waals surface area contributed by atoms with Crippen LogP contribution < -0.4 is 26.6 Å². The van der Waals surface area contributed by atoms with Crippen molar-refractivity contribution in [1.82, 2.24) is 40.5 Å². The topological polar surface area (TPSA) is 215 Å². The van der Waals surface area contributed by atoms with Gasteiger partial charge in [-0.15, -0.1) is 0 Å². The number of unbranched alkanes of at least 4 members (excludes halogenated alkanes) is 1. The fourth-order valence-electron chi connectivity index (χ4n) is 10.3. The Morgan fingerprint density at radius 2 is 1.34 bits per heavy atom. The molecule has 3 aromatic carbocycles. The van der Waals surface area contributed by atoms with Crippen LogP contribution in [0.15, 0.2) is 78.9 Å². The molecule has 5 N–H and O–H groups in total. The normalized spacial score (nSPS) is 17.0. The summed E-state index contributed by atoms with van der Waals surface area (Å²) in [6, 6.07) is 23.2. The molecular weight excluding hydrogens is 949 g/mol. The van der Waals surface area contributed by atoms with Gasteiger partial charge in [0.15, 0.2) is 5.13 Å². The maximum absolute atomic E-state index is 14.9. The number of aromatic nitrogens is 1. The number of carbonyl (C=O) groups excluding carboxylic acids is 7. The minimum atomic E-state index is -1.06. The number of nitrogens with zero attached hydrogens (tertiary/aromatic N) is 5. The van der Waals surface area contributed by atoms with Gasteiger partial charge in [-0.05, 0) is 92.4 Å². The summed E-state index contributed by atoms with van der Waals surface area (Å²) in [6.45, 7) is 5.06. The number of fused-ring (bicyclic) bond motifs is 3. The first-order valence-electron chi connectivity index (χ1n) is 25.9. The third kappa shape index (κ3) is 13.2. The number of hydrogen-bond donors (Lipinski definition) is 5. The Bertz CT molecular complexity index is 2550. The van der Waals surface area contributed by atoms with E-state index >= 15 is 0 Å². The maximum Gasteiger partial charge on any atom is 0.409 e. The molecule has 18 nitrogen and oxygen atoms in total. The lowest BCUT2D eigenvalue weighted by Crippen LogP contribution is -2.58. The maximum atomic E-state index is 14.9. The zero-order valence-corrected chi connectivity index (χ0v) is 42.7. The van der Waals surface area contributed by atoms with Crippen molar-refractivity contribution in [3.63, 3.8) is 0 Å². The summed E-state index contributed by atoms with van der Waals surface area (Å²) in [5.41, 5.74) is 5.53. The summed E-state index contributed by atoms with van der Waals surface area (Å²) in [4.78, 5) is 106. The van der Waals surface area contributed by atoms with Gasteiger partial charge in [-0.2, -0.15) is 0 Å². The highest BCUT2D eigenvalue weighted by atomic mass is 32.1. The van der Waals surface area contributed by atoms with E-state index in [-0.39, 0.29) is 37.0 Å². The summed E-state index contributed by atoms with van der Waals surface area (Å²) < 4.78 is 5.82. The second-order valence-electron chi connectivity index (χ2n) is 19.3. The number of likely N-dealkylation sites (tertiary alicyclic amines) is 3. The minimum Gasteiger partial charge on any atom is -0.448 e. The van der Waals surface area contributed by atoms with Crippen molar-refractivity contribution in [1.29, 1.82) is 0 Å². The van der Waals surface area contributed by atoms with Gasteiger partial charge in [0.1, 0.15) is 35.9 Å². The molecule has 3 saturated heterocycles. The molecule has 3 fully saturated rings. The molecule has 4 aliphatic rings. The standard InChI is InChI=1S/C54H68N10O8S/c1-3-17-44(65)58-51-59-46(36-18-6-4-7-19-36)49(73-51)60-48(67)43-24-16-31-64(43)50(68)47(37-25-32-63(33-26-37)53(70)56-28-13-12-27-55-52(69)62-29-14-5-15-30-62)57-45(66)34-61(2)54(71)72-35-42-40-22-10-8-20-38(40)39-21-9-11-23-41(39)42/h4,6-11,18-23,37,42-43,47H,3,5,12-17,24-35H2,1-2H3,(H,55,69)(H,56,70)(H,57,66)(H,60,67)(H,58,59,65)/t43-,47-/m0/s1. The number of benzene rings is 3. The predicted octanol–water partition coefficient (Wildman–Crippen LogP) is 7.24. The first-order chi connectivity index (χ1) is 35.5. The zero-order chi connectivity index (χ0) is 51.3. The Labute approximate surface area is 431 Å². The van der Waals surface area contributed by atoms with Crippen LogP contribution in [-0.4, -0.2) is 144 Å². The van der Waals surface area contributed by atoms with Gasteiger partial charge in [0, 0.05) is 70.8 Å². The van der Waals surface area contributed by atoms with Crippen LogP contribution in [0.1, 0.15) is 94.6 Å². The van der Waals surface area contributed by atoms with Crippen molar-refractivity contribution < 1.29 is 38.3 Å². The van der Waals surface area contributed by atoms with E-state index in [4.69, 9.17) is 4.74 Å². The average Bonchev–Trinajstić information content (AvgIpc) is 4.15. The SMILES string of the molecule is CCCC(=O)Nc1nc(-c2ccccc2)c(NC(=O)[C@@H]2CCCN2C(=O)[C@@H](NC(=O)CN(C)C(=O)OCC2c3ccccc3-c3ccccc32)C2CCN(C(=O)NCCCCNC(=O)N3CCCCC3)CC2)s1. The molecule has 1 aromatic heterocycles. The van der Waals surface area contributed by atoms with Crippen LogP contribution in [0.2, 0.25) is 0 Å². The van der Waals surface area contributed by atoms with Gasteiger partial charge in [0.05, 0.1) is 0 Å². The van der Waals surface area contributed by atoms with Crippen molar-refractivity contribution in [2.45, 2.75) is 95.6 Å². The fraction of sp³-hybridized carbons (Fsp3) is 0.481. The molecule has 2 atom stereocenters. The largest absolute Gasteiger partial charge is 0.448 e. The van der Waals surface area contributed by atoms with E-state index in [9.17, 15) is 33.6 Å². The monoisotopic (exact) mass is 1020 g/mol. The van der Waals surface area contributed by atoms with Crippen molar-refractivity contribution >= 4 is 63.3 Å². The second-order valence-corrected chi connectivity index (χ2v) is 20.3. The number of nitrogens with one attached hydrogen (secondary N) is 5. The lowest BCUT2D eigenvalue weighted by molar-refractivity contribution is -0.142. The lowest BCUT2D eigenvalue weighted by atomic mass is 9.88. The quantitative estimate of drug-likeness (QED) is 0.0635. The molecule has 0 saturated carbocycles. The number of thiazole rings is 1. The Morgan fingerprint density at radius 1 is 0.726 bits per heavy atom. The van der Waals surface area contributed by atoms with Gasteiger partial charge in [-0.25, -0.2) is 19.4 Å². The molecule has 0 spiro atoms. The van der Waals surface area contributed by atoms with Crippen molar-refractivity contribution in [3.05, 3.63) is 90.0 Å². The first-order valence-corrected chi connectivity index (χ1v) is 26.7. The number of ether oxygens (including phenoxy) is 1. The number of urea groups is 2. The summed E-state index contributed by atoms with van der Waals surface area (Å²) in [7, 11) is 1.47. The van der Waals surface area contributed by atoms with Gasteiger partial charge in [0.25, 0.3) is 0 Å². The highest BCUT2D eigenvalue weighted by Crippen LogP contribution is 2.44. The predicted molar refractivity (Wildman–Crippen MR) is 280 cm³/mol. The van der Waals surface area contributed by atoms with Crippen LogP contribution in [-0.2, 0) is 23.9 Å². The van der Waals surface area contributed by atoms with E-state index < -0.39 is 48.4 Å². The van der Waals surface area contributed by atoms with E-state index in [1.54, 1.807) is 4.90 Å². The number of piperidine rings is 2. The van der Waals surface area contributed by atoms with Gasteiger partial charge in [0.2, 0.25) is 23.6 Å². The third-order valence-electron chi connectivity index (χ3n) is 14.2. The van der Waals surface area contributed by atoms with E-state index in [0.717, 1.165) is 71.5 Å². The van der Waals surface area contributed by atoms with Crippen molar-refractivity contribution in [2.75, 3.05) is 76.6 Å². The molecule has 0 bridgehead atoms. The van der Waals surface area contributed by atoms with Crippen LogP contribution in [0.5, 0.6) is 0 Å². The smallest absolute Gasteiger partial charge is 0.409 e. The van der Waals surface area contributed by atoms with Gasteiger partial charge in [-0.3, -0.25) is 19.2 Å².